The third kappa shape index (κ3) is 4.62. The van der Waals surface area contributed by atoms with Gasteiger partial charge < -0.3 is 10.6 Å². The van der Waals surface area contributed by atoms with Crippen LogP contribution in [0.1, 0.15) is 12.0 Å². The molecule has 0 atom stereocenters. The monoisotopic (exact) mass is 343 g/mol. The summed E-state index contributed by atoms with van der Waals surface area (Å²) in [6.45, 7) is 0.525. The van der Waals surface area contributed by atoms with Crippen LogP contribution in [0.4, 0.5) is 11.4 Å². The lowest BCUT2D eigenvalue weighted by Crippen LogP contribution is -2.16. The number of carbonyl (C=O) groups is 1. The molecule has 2 N–H and O–H groups in total. The molecule has 2 aromatic carbocycles. The van der Waals surface area contributed by atoms with Crippen LogP contribution in [0, 0.1) is 11.3 Å². The standard InChI is InChI=1S/C16H14BrN3O/c17-13-5-3-6-14(10-13)19-9-8-16(21)20-15-7-2-1-4-12(15)11-18/h1-7,10,19H,8-9H2,(H,20,21). The van der Waals surface area contributed by atoms with Crippen LogP contribution in [-0.2, 0) is 4.79 Å². The number of halogens is 1. The van der Waals surface area contributed by atoms with E-state index < -0.39 is 0 Å². The maximum atomic E-state index is 11.9. The lowest BCUT2D eigenvalue weighted by atomic mass is 10.2. The minimum Gasteiger partial charge on any atom is -0.384 e. The summed E-state index contributed by atoms with van der Waals surface area (Å²) < 4.78 is 0.986. The number of nitriles is 1. The van der Waals surface area contributed by atoms with E-state index in [9.17, 15) is 4.79 Å². The highest BCUT2D eigenvalue weighted by molar-refractivity contribution is 9.10. The average Bonchev–Trinajstić information content (AvgIpc) is 2.48. The zero-order valence-corrected chi connectivity index (χ0v) is 12.9. The number of amides is 1. The van der Waals surface area contributed by atoms with Gasteiger partial charge in [-0.25, -0.2) is 0 Å². The van der Waals surface area contributed by atoms with E-state index in [1.165, 1.54) is 0 Å². The zero-order chi connectivity index (χ0) is 15.1. The topological polar surface area (TPSA) is 64.9 Å². The molecule has 0 aliphatic carbocycles. The van der Waals surface area contributed by atoms with E-state index in [4.69, 9.17) is 5.26 Å². The highest BCUT2D eigenvalue weighted by Gasteiger charge is 2.05. The Bertz CT molecular complexity index is 679. The Labute approximate surface area is 131 Å². The molecule has 0 saturated carbocycles. The van der Waals surface area contributed by atoms with Crippen molar-refractivity contribution < 1.29 is 4.79 Å². The van der Waals surface area contributed by atoms with Crippen LogP contribution in [0.5, 0.6) is 0 Å². The fourth-order valence-electron chi connectivity index (χ4n) is 1.82. The first-order valence-corrected chi connectivity index (χ1v) is 7.27. The van der Waals surface area contributed by atoms with Crippen LogP contribution in [0.2, 0.25) is 0 Å². The van der Waals surface area contributed by atoms with Crippen molar-refractivity contribution in [2.45, 2.75) is 6.42 Å². The second kappa shape index (κ2) is 7.46. The van der Waals surface area contributed by atoms with Gasteiger partial charge in [-0.3, -0.25) is 4.79 Å². The molecular weight excluding hydrogens is 330 g/mol. The van der Waals surface area contributed by atoms with Crippen LogP contribution in [0.15, 0.2) is 53.0 Å². The number of nitrogens with zero attached hydrogens (tertiary/aromatic N) is 1. The predicted octanol–water partition coefficient (Wildman–Crippen LogP) is 3.76. The Morgan fingerprint density at radius 3 is 2.76 bits per heavy atom. The molecule has 2 aromatic rings. The van der Waals surface area contributed by atoms with Gasteiger partial charge in [0.1, 0.15) is 6.07 Å². The normalized spacial score (nSPS) is 9.71. The molecule has 21 heavy (non-hydrogen) atoms. The van der Waals surface area contributed by atoms with Gasteiger partial charge in [-0.15, -0.1) is 0 Å². The minimum atomic E-state index is -0.125. The minimum absolute atomic E-state index is 0.125. The number of hydrogen-bond acceptors (Lipinski definition) is 3. The quantitative estimate of drug-likeness (QED) is 0.868. The van der Waals surface area contributed by atoms with E-state index in [1.807, 2.05) is 24.3 Å². The summed E-state index contributed by atoms with van der Waals surface area (Å²) in [4.78, 5) is 11.9. The molecule has 5 heteroatoms. The van der Waals surface area contributed by atoms with Gasteiger partial charge in [0.25, 0.3) is 0 Å². The van der Waals surface area contributed by atoms with Crippen molar-refractivity contribution in [3.8, 4) is 6.07 Å². The number of nitrogens with one attached hydrogen (secondary N) is 2. The molecule has 0 bridgehead atoms. The van der Waals surface area contributed by atoms with E-state index in [0.29, 0.717) is 24.2 Å². The second-order valence-electron chi connectivity index (χ2n) is 4.39. The summed E-state index contributed by atoms with van der Waals surface area (Å²) in [6.07, 6.45) is 0.326. The summed E-state index contributed by atoms with van der Waals surface area (Å²) in [5, 5.41) is 14.9. The summed E-state index contributed by atoms with van der Waals surface area (Å²) >= 11 is 3.39. The van der Waals surface area contributed by atoms with E-state index in [-0.39, 0.29) is 5.91 Å². The van der Waals surface area contributed by atoms with Gasteiger partial charge in [-0.05, 0) is 30.3 Å². The van der Waals surface area contributed by atoms with E-state index in [1.54, 1.807) is 24.3 Å². The average molecular weight is 344 g/mol. The summed E-state index contributed by atoms with van der Waals surface area (Å²) in [5.74, 6) is -0.125. The first kappa shape index (κ1) is 15.1. The summed E-state index contributed by atoms with van der Waals surface area (Å²) in [6, 6.07) is 16.8. The number of para-hydroxylation sites is 1. The van der Waals surface area contributed by atoms with Crippen molar-refractivity contribution in [2.75, 3.05) is 17.2 Å². The van der Waals surface area contributed by atoms with Crippen molar-refractivity contribution in [1.82, 2.24) is 0 Å². The molecule has 0 spiro atoms. The number of benzene rings is 2. The van der Waals surface area contributed by atoms with Crippen molar-refractivity contribution >= 4 is 33.2 Å². The van der Waals surface area contributed by atoms with Crippen molar-refractivity contribution in [3.63, 3.8) is 0 Å². The molecule has 106 valence electrons. The molecular formula is C16H14BrN3O. The summed E-state index contributed by atoms with van der Waals surface area (Å²) in [7, 11) is 0. The Morgan fingerprint density at radius 2 is 2.00 bits per heavy atom. The third-order valence-electron chi connectivity index (χ3n) is 2.83. The Kier molecular flexibility index (Phi) is 5.35. The SMILES string of the molecule is N#Cc1ccccc1NC(=O)CCNc1cccc(Br)c1. The Hall–Kier alpha value is -2.32. The van der Waals surface area contributed by atoms with Gasteiger partial charge in [0.05, 0.1) is 11.3 Å². The molecule has 0 unspecified atom stereocenters. The molecule has 1 amide bonds. The number of carbonyl (C=O) groups excluding carboxylic acids is 1. The maximum absolute atomic E-state index is 11.9. The predicted molar refractivity (Wildman–Crippen MR) is 87.0 cm³/mol. The smallest absolute Gasteiger partial charge is 0.226 e. The molecule has 0 aliphatic heterocycles. The van der Waals surface area contributed by atoms with Gasteiger partial charge in [-0.1, -0.05) is 34.1 Å². The van der Waals surface area contributed by atoms with Crippen molar-refractivity contribution in [3.05, 3.63) is 58.6 Å². The fraction of sp³-hybridized carbons (Fsp3) is 0.125. The van der Waals surface area contributed by atoms with E-state index in [2.05, 4.69) is 32.6 Å². The van der Waals surface area contributed by atoms with Crippen molar-refractivity contribution in [1.29, 1.82) is 5.26 Å². The van der Waals surface area contributed by atoms with Gasteiger partial charge in [0.2, 0.25) is 5.91 Å². The summed E-state index contributed by atoms with van der Waals surface area (Å²) in [5.41, 5.74) is 1.97. The fourth-order valence-corrected chi connectivity index (χ4v) is 2.22. The van der Waals surface area contributed by atoms with Crippen LogP contribution >= 0.6 is 15.9 Å². The van der Waals surface area contributed by atoms with Gasteiger partial charge in [0, 0.05) is 23.1 Å². The van der Waals surface area contributed by atoms with E-state index in [0.717, 1.165) is 10.2 Å². The zero-order valence-electron chi connectivity index (χ0n) is 11.3. The molecule has 0 aromatic heterocycles. The Balaban J connectivity index is 1.84. The molecule has 4 nitrogen and oxygen atoms in total. The van der Waals surface area contributed by atoms with Crippen molar-refractivity contribution in [2.24, 2.45) is 0 Å². The molecule has 0 saturated heterocycles. The van der Waals surface area contributed by atoms with Gasteiger partial charge in [-0.2, -0.15) is 5.26 Å². The second-order valence-corrected chi connectivity index (χ2v) is 5.31. The Morgan fingerprint density at radius 1 is 1.19 bits per heavy atom. The van der Waals surface area contributed by atoms with Crippen LogP contribution in [0.25, 0.3) is 0 Å². The van der Waals surface area contributed by atoms with Crippen LogP contribution < -0.4 is 10.6 Å². The van der Waals surface area contributed by atoms with Gasteiger partial charge in [0.15, 0.2) is 0 Å². The number of hydrogen-bond donors (Lipinski definition) is 2. The highest BCUT2D eigenvalue weighted by Crippen LogP contribution is 2.16. The third-order valence-corrected chi connectivity index (χ3v) is 3.32. The lowest BCUT2D eigenvalue weighted by molar-refractivity contribution is -0.115. The van der Waals surface area contributed by atoms with Gasteiger partial charge >= 0.3 is 0 Å². The maximum Gasteiger partial charge on any atom is 0.226 e. The molecule has 0 radical (unpaired) electrons. The molecule has 0 aliphatic rings. The highest BCUT2D eigenvalue weighted by atomic mass is 79.9. The van der Waals surface area contributed by atoms with Crippen LogP contribution in [-0.4, -0.2) is 12.5 Å². The first-order valence-electron chi connectivity index (χ1n) is 6.47. The number of anilines is 2. The molecule has 0 heterocycles. The molecule has 0 fully saturated rings. The first-order chi connectivity index (χ1) is 10.2. The molecule has 2 rings (SSSR count). The number of rotatable bonds is 5. The lowest BCUT2D eigenvalue weighted by Gasteiger charge is -2.08. The largest absolute Gasteiger partial charge is 0.384 e. The van der Waals surface area contributed by atoms with E-state index >= 15 is 0 Å². The van der Waals surface area contributed by atoms with Crippen LogP contribution in [0.3, 0.4) is 0 Å².